The molecule has 3 rings (SSSR count). The number of hydrogen-bond acceptors (Lipinski definition) is 5. The van der Waals surface area contributed by atoms with Crippen LogP contribution in [0.5, 0.6) is 0 Å². The van der Waals surface area contributed by atoms with Crippen LogP contribution in [0.25, 0.3) is 0 Å². The number of rotatable bonds is 4. The molecule has 0 aliphatic carbocycles. The molecule has 0 unspecified atom stereocenters. The lowest BCUT2D eigenvalue weighted by atomic mass is 10.2. The van der Waals surface area contributed by atoms with Crippen molar-refractivity contribution in [1.29, 1.82) is 5.26 Å². The van der Waals surface area contributed by atoms with Gasteiger partial charge < -0.3 is 16.4 Å². The summed E-state index contributed by atoms with van der Waals surface area (Å²) in [4.78, 5) is 0. The maximum absolute atomic E-state index is 12.9. The summed E-state index contributed by atoms with van der Waals surface area (Å²) >= 11 is 0. The van der Waals surface area contributed by atoms with Crippen molar-refractivity contribution in [1.82, 2.24) is 15.1 Å². The molecule has 1 aliphatic heterocycles. The second-order valence-corrected chi connectivity index (χ2v) is 5.00. The molecule has 4 N–H and O–H groups in total. The van der Waals surface area contributed by atoms with E-state index < -0.39 is 0 Å². The predicted molar refractivity (Wildman–Crippen MR) is 77.1 cm³/mol. The maximum Gasteiger partial charge on any atom is 0.168 e. The third-order valence-electron chi connectivity index (χ3n) is 3.47. The fourth-order valence-electron chi connectivity index (χ4n) is 2.15. The molecule has 1 fully saturated rings. The summed E-state index contributed by atoms with van der Waals surface area (Å²) in [6, 6.07) is 8.47. The van der Waals surface area contributed by atoms with Crippen LogP contribution >= 0.6 is 0 Å². The summed E-state index contributed by atoms with van der Waals surface area (Å²) in [7, 11) is 0. The van der Waals surface area contributed by atoms with Crippen molar-refractivity contribution in [2.24, 2.45) is 0 Å². The lowest BCUT2D eigenvalue weighted by molar-refractivity contribution is 0.470. The van der Waals surface area contributed by atoms with Crippen molar-refractivity contribution in [2.75, 3.05) is 24.1 Å². The van der Waals surface area contributed by atoms with Gasteiger partial charge >= 0.3 is 0 Å². The number of aromatic nitrogens is 2. The highest BCUT2D eigenvalue weighted by Crippen LogP contribution is 2.22. The molecule has 0 saturated carbocycles. The van der Waals surface area contributed by atoms with E-state index in [0.717, 1.165) is 18.7 Å². The lowest BCUT2D eigenvalue weighted by Gasteiger charge is -2.27. The van der Waals surface area contributed by atoms with Gasteiger partial charge in [-0.25, -0.2) is 9.07 Å². The monoisotopic (exact) mass is 286 g/mol. The number of benzene rings is 1. The SMILES string of the molecule is N#Cc1c(NC2CNC2)nn(Cc2ccc(F)cc2)c1N. The number of hydrogen-bond donors (Lipinski definition) is 3. The Morgan fingerprint density at radius 3 is 2.71 bits per heavy atom. The Hall–Kier alpha value is -2.59. The van der Waals surface area contributed by atoms with Gasteiger partial charge in [0.15, 0.2) is 5.82 Å². The first-order valence-electron chi connectivity index (χ1n) is 6.65. The van der Waals surface area contributed by atoms with Crippen molar-refractivity contribution in [2.45, 2.75) is 12.6 Å². The van der Waals surface area contributed by atoms with Gasteiger partial charge in [0.05, 0.1) is 12.6 Å². The quantitative estimate of drug-likeness (QED) is 0.777. The van der Waals surface area contributed by atoms with Gasteiger partial charge in [-0.3, -0.25) is 0 Å². The number of halogens is 1. The van der Waals surface area contributed by atoms with E-state index in [1.54, 1.807) is 16.8 Å². The Morgan fingerprint density at radius 1 is 1.43 bits per heavy atom. The molecule has 0 radical (unpaired) electrons. The first-order valence-corrected chi connectivity index (χ1v) is 6.65. The zero-order chi connectivity index (χ0) is 14.8. The molecular weight excluding hydrogens is 271 g/mol. The summed E-state index contributed by atoms with van der Waals surface area (Å²) in [6.45, 7) is 2.08. The van der Waals surface area contributed by atoms with Crippen molar-refractivity contribution >= 4 is 11.6 Å². The van der Waals surface area contributed by atoms with Crippen LogP contribution in [0.1, 0.15) is 11.1 Å². The van der Waals surface area contributed by atoms with Crippen molar-refractivity contribution in [3.05, 3.63) is 41.2 Å². The molecule has 6 nitrogen and oxygen atoms in total. The molecule has 108 valence electrons. The Morgan fingerprint density at radius 2 is 2.14 bits per heavy atom. The minimum absolute atomic E-state index is 0.269. The van der Waals surface area contributed by atoms with Gasteiger partial charge in [0, 0.05) is 13.1 Å². The highest BCUT2D eigenvalue weighted by atomic mass is 19.1. The molecule has 2 heterocycles. The largest absolute Gasteiger partial charge is 0.383 e. The molecule has 1 aliphatic rings. The number of nitrogens with zero attached hydrogens (tertiary/aromatic N) is 3. The van der Waals surface area contributed by atoms with E-state index in [1.807, 2.05) is 0 Å². The van der Waals surface area contributed by atoms with Crippen molar-refractivity contribution in [3.63, 3.8) is 0 Å². The number of anilines is 2. The predicted octanol–water partition coefficient (Wildman–Crippen LogP) is 0.908. The maximum atomic E-state index is 12.9. The molecule has 7 heteroatoms. The minimum atomic E-state index is -0.287. The molecule has 0 amide bonds. The Kier molecular flexibility index (Phi) is 3.46. The molecule has 0 atom stereocenters. The standard InChI is InChI=1S/C14H15FN6/c15-10-3-1-9(2-4-10)8-21-13(17)12(5-16)14(20-21)19-11-6-18-7-11/h1-4,11,18H,6-8,17H2,(H,19,20). The highest BCUT2D eigenvalue weighted by molar-refractivity contribution is 5.64. The van der Waals surface area contributed by atoms with Crippen LogP contribution in [0.15, 0.2) is 24.3 Å². The van der Waals surface area contributed by atoms with Gasteiger partial charge in [-0.2, -0.15) is 10.4 Å². The summed E-state index contributed by atoms with van der Waals surface area (Å²) in [5.74, 6) is 0.532. The summed E-state index contributed by atoms with van der Waals surface area (Å²) in [6.07, 6.45) is 0. The van der Waals surface area contributed by atoms with Crippen LogP contribution in [-0.4, -0.2) is 28.9 Å². The van der Waals surface area contributed by atoms with E-state index in [0.29, 0.717) is 23.7 Å². The van der Waals surface area contributed by atoms with E-state index in [9.17, 15) is 9.65 Å². The van der Waals surface area contributed by atoms with Crippen LogP contribution in [-0.2, 0) is 6.54 Å². The van der Waals surface area contributed by atoms with E-state index in [-0.39, 0.29) is 11.9 Å². The van der Waals surface area contributed by atoms with Crippen molar-refractivity contribution < 1.29 is 4.39 Å². The first kappa shape index (κ1) is 13.4. The van der Waals surface area contributed by atoms with Gasteiger partial charge in [0.1, 0.15) is 23.3 Å². The van der Waals surface area contributed by atoms with E-state index in [4.69, 9.17) is 5.73 Å². The second-order valence-electron chi connectivity index (χ2n) is 5.00. The van der Waals surface area contributed by atoms with Crippen LogP contribution in [0.2, 0.25) is 0 Å². The number of nitrogen functional groups attached to an aromatic ring is 1. The topological polar surface area (TPSA) is 91.7 Å². The Labute approximate surface area is 121 Å². The molecule has 1 aromatic carbocycles. The van der Waals surface area contributed by atoms with Crippen LogP contribution in [0.4, 0.5) is 16.0 Å². The van der Waals surface area contributed by atoms with Gasteiger partial charge in [0.2, 0.25) is 0 Å². The number of nitriles is 1. The summed E-state index contributed by atoms with van der Waals surface area (Å²) in [5, 5.41) is 19.9. The third-order valence-corrected chi connectivity index (χ3v) is 3.47. The summed E-state index contributed by atoms with van der Waals surface area (Å²) in [5.41, 5.74) is 7.19. The van der Waals surface area contributed by atoms with E-state index >= 15 is 0 Å². The van der Waals surface area contributed by atoms with Gasteiger partial charge in [-0.05, 0) is 17.7 Å². The Bertz CT molecular complexity index is 681. The fourth-order valence-corrected chi connectivity index (χ4v) is 2.15. The van der Waals surface area contributed by atoms with Crippen LogP contribution in [0, 0.1) is 17.1 Å². The highest BCUT2D eigenvalue weighted by Gasteiger charge is 2.22. The lowest BCUT2D eigenvalue weighted by Crippen LogP contribution is -2.51. The van der Waals surface area contributed by atoms with Crippen LogP contribution in [0.3, 0.4) is 0 Å². The molecule has 1 aromatic heterocycles. The average molecular weight is 286 g/mol. The normalized spacial score (nSPS) is 14.5. The average Bonchev–Trinajstić information content (AvgIpc) is 2.72. The molecule has 21 heavy (non-hydrogen) atoms. The molecule has 1 saturated heterocycles. The van der Waals surface area contributed by atoms with Gasteiger partial charge in [-0.15, -0.1) is 0 Å². The fraction of sp³-hybridized carbons (Fsp3) is 0.286. The first-order chi connectivity index (χ1) is 10.2. The molecule has 0 spiro atoms. The van der Waals surface area contributed by atoms with Crippen molar-refractivity contribution in [3.8, 4) is 6.07 Å². The molecular formula is C14H15FN6. The Balaban J connectivity index is 1.84. The summed E-state index contributed by atoms with van der Waals surface area (Å²) < 4.78 is 14.5. The van der Waals surface area contributed by atoms with E-state index in [2.05, 4.69) is 21.8 Å². The van der Waals surface area contributed by atoms with Gasteiger partial charge in [-0.1, -0.05) is 12.1 Å². The zero-order valence-corrected chi connectivity index (χ0v) is 11.3. The smallest absolute Gasteiger partial charge is 0.168 e. The third kappa shape index (κ3) is 2.66. The van der Waals surface area contributed by atoms with Gasteiger partial charge in [0.25, 0.3) is 0 Å². The second kappa shape index (κ2) is 5.42. The number of nitrogens with two attached hydrogens (primary N) is 1. The molecule has 2 aromatic rings. The number of nitrogens with one attached hydrogen (secondary N) is 2. The molecule has 0 bridgehead atoms. The minimum Gasteiger partial charge on any atom is -0.383 e. The van der Waals surface area contributed by atoms with Crippen LogP contribution < -0.4 is 16.4 Å². The van der Waals surface area contributed by atoms with E-state index in [1.165, 1.54) is 12.1 Å². The zero-order valence-electron chi connectivity index (χ0n) is 11.3.